The van der Waals surface area contributed by atoms with E-state index in [1.807, 2.05) is 19.1 Å². The van der Waals surface area contributed by atoms with Gasteiger partial charge in [0.15, 0.2) is 0 Å². The minimum Gasteiger partial charge on any atom is -0.353 e. The lowest BCUT2D eigenvalue weighted by molar-refractivity contribution is 0.170. The van der Waals surface area contributed by atoms with Gasteiger partial charge in [0.05, 0.1) is 15.8 Å². The van der Waals surface area contributed by atoms with E-state index in [0.29, 0.717) is 6.42 Å². The number of hydrogen-bond acceptors (Lipinski definition) is 6. The maximum Gasteiger partial charge on any atom is 0.241 e. The van der Waals surface area contributed by atoms with E-state index in [0.717, 1.165) is 49.5 Å². The number of piperazine rings is 1. The fraction of sp³-hybridized carbons (Fsp3) is 0.350. The first-order valence-electron chi connectivity index (χ1n) is 9.59. The predicted octanol–water partition coefficient (Wildman–Crippen LogP) is 3.27. The molecule has 0 amide bonds. The monoisotopic (exact) mass is 434 g/mol. The molecule has 1 N–H and O–H groups in total. The van der Waals surface area contributed by atoms with Gasteiger partial charge in [-0.05, 0) is 54.4 Å². The lowest BCUT2D eigenvalue weighted by atomic mass is 10.2. The van der Waals surface area contributed by atoms with Gasteiger partial charge in [-0.3, -0.25) is 4.90 Å². The highest BCUT2D eigenvalue weighted by Crippen LogP contribution is 2.30. The molecule has 6 nitrogen and oxygen atoms in total. The van der Waals surface area contributed by atoms with Crippen LogP contribution in [-0.2, 0) is 10.0 Å². The lowest BCUT2D eigenvalue weighted by Gasteiger charge is -2.39. The Morgan fingerprint density at radius 2 is 1.79 bits per heavy atom. The van der Waals surface area contributed by atoms with Gasteiger partial charge in [-0.1, -0.05) is 19.1 Å². The average Bonchev–Trinajstić information content (AvgIpc) is 3.17. The van der Waals surface area contributed by atoms with Crippen LogP contribution in [0.4, 0.5) is 10.2 Å². The fourth-order valence-electron chi connectivity index (χ4n) is 3.62. The summed E-state index contributed by atoms with van der Waals surface area (Å²) in [5.74, 6) is 0.548. The van der Waals surface area contributed by atoms with Gasteiger partial charge in [0, 0.05) is 31.6 Å². The van der Waals surface area contributed by atoms with Crippen molar-refractivity contribution in [3.05, 3.63) is 54.3 Å². The molecule has 154 valence electrons. The Kier molecular flexibility index (Phi) is 5.82. The molecule has 1 fully saturated rings. The molecule has 1 saturated heterocycles. The van der Waals surface area contributed by atoms with E-state index in [2.05, 4.69) is 31.0 Å². The first-order chi connectivity index (χ1) is 14.0. The van der Waals surface area contributed by atoms with Gasteiger partial charge < -0.3 is 4.90 Å². The van der Waals surface area contributed by atoms with E-state index in [1.54, 1.807) is 0 Å². The number of hydrogen-bond donors (Lipinski definition) is 1. The van der Waals surface area contributed by atoms with Crippen molar-refractivity contribution in [3.63, 3.8) is 0 Å². The second-order valence-corrected chi connectivity index (χ2v) is 9.54. The van der Waals surface area contributed by atoms with E-state index < -0.39 is 15.8 Å². The zero-order chi connectivity index (χ0) is 20.4. The van der Waals surface area contributed by atoms with Crippen LogP contribution in [0.3, 0.4) is 0 Å². The molecule has 0 saturated carbocycles. The second kappa shape index (κ2) is 8.35. The molecule has 0 spiro atoms. The molecular formula is C20H23FN4O2S2. The Morgan fingerprint density at radius 1 is 1.10 bits per heavy atom. The molecule has 0 aliphatic carbocycles. The Bertz CT molecular complexity index is 1080. The first kappa shape index (κ1) is 20.2. The number of anilines is 1. The summed E-state index contributed by atoms with van der Waals surface area (Å²) in [4.78, 5) is 4.48. The van der Waals surface area contributed by atoms with Crippen molar-refractivity contribution in [2.75, 3.05) is 31.1 Å². The van der Waals surface area contributed by atoms with Crippen molar-refractivity contribution in [2.24, 2.45) is 0 Å². The highest BCUT2D eigenvalue weighted by atomic mass is 32.2. The molecule has 29 heavy (non-hydrogen) atoms. The molecular weight excluding hydrogens is 411 g/mol. The Hall–Kier alpha value is -2.07. The molecule has 1 unspecified atom stereocenters. The third-order valence-corrected chi connectivity index (χ3v) is 7.51. The van der Waals surface area contributed by atoms with Gasteiger partial charge in [-0.2, -0.15) is 9.10 Å². The molecule has 1 atom stereocenters. The normalized spacial score (nSPS) is 17.0. The highest BCUT2D eigenvalue weighted by molar-refractivity contribution is 7.89. The van der Waals surface area contributed by atoms with Gasteiger partial charge >= 0.3 is 0 Å². The van der Waals surface area contributed by atoms with Crippen molar-refractivity contribution in [1.29, 1.82) is 0 Å². The topological polar surface area (TPSA) is 65.5 Å². The Labute approximate surface area is 174 Å². The SMILES string of the molecule is CCC(NS(=O)(=O)c1ccc(F)cc1)N1CCN(c2nsc3ccccc23)CC1. The van der Waals surface area contributed by atoms with E-state index in [4.69, 9.17) is 0 Å². The fourth-order valence-corrected chi connectivity index (χ4v) is 5.72. The van der Waals surface area contributed by atoms with Crippen LogP contribution in [0.15, 0.2) is 53.4 Å². The van der Waals surface area contributed by atoms with E-state index in [9.17, 15) is 12.8 Å². The van der Waals surface area contributed by atoms with Gasteiger partial charge in [0.2, 0.25) is 10.0 Å². The third kappa shape index (κ3) is 4.28. The van der Waals surface area contributed by atoms with Crippen LogP contribution >= 0.6 is 11.5 Å². The molecule has 0 bridgehead atoms. The molecule has 9 heteroatoms. The average molecular weight is 435 g/mol. The summed E-state index contributed by atoms with van der Waals surface area (Å²) in [6.07, 6.45) is 0.333. The molecule has 4 rings (SSSR count). The van der Waals surface area contributed by atoms with Crippen LogP contribution in [0.25, 0.3) is 10.1 Å². The van der Waals surface area contributed by atoms with Crippen LogP contribution in [0.5, 0.6) is 0 Å². The number of sulfonamides is 1. The van der Waals surface area contributed by atoms with Crippen LogP contribution in [0.2, 0.25) is 0 Å². The minimum atomic E-state index is -3.71. The number of fused-ring (bicyclic) bond motifs is 1. The van der Waals surface area contributed by atoms with E-state index in [1.165, 1.54) is 28.4 Å². The van der Waals surface area contributed by atoms with Crippen molar-refractivity contribution in [3.8, 4) is 0 Å². The van der Waals surface area contributed by atoms with Crippen molar-refractivity contribution >= 4 is 37.5 Å². The minimum absolute atomic E-state index is 0.0740. The summed E-state index contributed by atoms with van der Waals surface area (Å²) in [6, 6.07) is 13.1. The van der Waals surface area contributed by atoms with Crippen LogP contribution in [0, 0.1) is 5.82 Å². The van der Waals surface area contributed by atoms with Crippen LogP contribution in [-0.4, -0.2) is 50.0 Å². The maximum absolute atomic E-state index is 13.1. The molecule has 1 aliphatic rings. The number of halogens is 1. The largest absolute Gasteiger partial charge is 0.353 e. The summed E-state index contributed by atoms with van der Waals surface area (Å²) >= 11 is 1.50. The number of benzene rings is 2. The summed E-state index contributed by atoms with van der Waals surface area (Å²) in [5.41, 5.74) is 0. The summed E-state index contributed by atoms with van der Waals surface area (Å²) in [6.45, 7) is 4.98. The smallest absolute Gasteiger partial charge is 0.241 e. The molecule has 1 aliphatic heterocycles. The first-order valence-corrected chi connectivity index (χ1v) is 11.8. The zero-order valence-electron chi connectivity index (χ0n) is 16.1. The summed E-state index contributed by atoms with van der Waals surface area (Å²) < 4.78 is 47.0. The van der Waals surface area contributed by atoms with Crippen molar-refractivity contribution in [2.45, 2.75) is 24.4 Å². The maximum atomic E-state index is 13.1. The van der Waals surface area contributed by atoms with E-state index in [-0.39, 0.29) is 11.1 Å². The van der Waals surface area contributed by atoms with Crippen molar-refractivity contribution in [1.82, 2.24) is 14.0 Å². The van der Waals surface area contributed by atoms with Crippen LogP contribution < -0.4 is 9.62 Å². The van der Waals surface area contributed by atoms with Gasteiger partial charge in [-0.15, -0.1) is 0 Å². The molecule has 2 heterocycles. The highest BCUT2D eigenvalue weighted by Gasteiger charge is 2.28. The lowest BCUT2D eigenvalue weighted by Crippen LogP contribution is -2.55. The molecule has 1 aromatic heterocycles. The number of nitrogens with one attached hydrogen (secondary N) is 1. The molecule has 0 radical (unpaired) electrons. The van der Waals surface area contributed by atoms with Gasteiger partial charge in [0.1, 0.15) is 11.6 Å². The predicted molar refractivity (Wildman–Crippen MR) is 114 cm³/mol. The number of rotatable bonds is 6. The molecule has 2 aromatic carbocycles. The standard InChI is InChI=1S/C20H23FN4O2S2/c1-2-19(23-29(26,27)16-9-7-15(21)8-10-16)24-11-13-25(14-12-24)20-17-5-3-4-6-18(17)28-22-20/h3-10,19,23H,2,11-14H2,1H3. The summed E-state index contributed by atoms with van der Waals surface area (Å²) in [7, 11) is -3.71. The van der Waals surface area contributed by atoms with Gasteiger partial charge in [0.25, 0.3) is 0 Å². The van der Waals surface area contributed by atoms with E-state index >= 15 is 0 Å². The summed E-state index contributed by atoms with van der Waals surface area (Å²) in [5, 5.41) is 1.16. The van der Waals surface area contributed by atoms with Gasteiger partial charge in [-0.25, -0.2) is 12.8 Å². The third-order valence-electron chi connectivity index (χ3n) is 5.21. The number of aromatic nitrogens is 1. The zero-order valence-corrected chi connectivity index (χ0v) is 17.7. The molecule has 3 aromatic rings. The Morgan fingerprint density at radius 3 is 2.48 bits per heavy atom. The van der Waals surface area contributed by atoms with Crippen LogP contribution in [0.1, 0.15) is 13.3 Å². The quantitative estimate of drug-likeness (QED) is 0.645. The van der Waals surface area contributed by atoms with Crippen molar-refractivity contribution < 1.29 is 12.8 Å². The Balaban J connectivity index is 1.43. The second-order valence-electron chi connectivity index (χ2n) is 7.02. The number of nitrogens with zero attached hydrogens (tertiary/aromatic N) is 3.